The Balaban J connectivity index is 2.46. The summed E-state index contributed by atoms with van der Waals surface area (Å²) in [6.45, 7) is 2.33. The fourth-order valence-electron chi connectivity index (χ4n) is 2.47. The van der Waals surface area contributed by atoms with E-state index in [-0.39, 0.29) is 21.6 Å². The van der Waals surface area contributed by atoms with Gasteiger partial charge in [0.15, 0.2) is 0 Å². The van der Waals surface area contributed by atoms with Crippen molar-refractivity contribution in [2.45, 2.75) is 43.5 Å². The SMILES string of the molecule is CC1CCCCCN1S(=O)(=O)c1cc(N)c(F)cc1Cl. The average molecular weight is 321 g/mol. The van der Waals surface area contributed by atoms with Crippen molar-refractivity contribution in [1.29, 1.82) is 0 Å². The number of hydrogen-bond acceptors (Lipinski definition) is 3. The first-order valence-electron chi connectivity index (χ1n) is 6.60. The summed E-state index contributed by atoms with van der Waals surface area (Å²) < 4.78 is 40.2. The molecule has 1 heterocycles. The first-order valence-corrected chi connectivity index (χ1v) is 8.42. The number of nitrogens with zero attached hydrogens (tertiary/aromatic N) is 1. The minimum Gasteiger partial charge on any atom is -0.396 e. The van der Waals surface area contributed by atoms with Gasteiger partial charge in [0.25, 0.3) is 0 Å². The van der Waals surface area contributed by atoms with Crippen LogP contribution in [-0.2, 0) is 10.0 Å². The van der Waals surface area contributed by atoms with Gasteiger partial charge >= 0.3 is 0 Å². The molecule has 20 heavy (non-hydrogen) atoms. The molecule has 112 valence electrons. The molecule has 1 atom stereocenters. The van der Waals surface area contributed by atoms with Crippen LogP contribution in [0.25, 0.3) is 0 Å². The summed E-state index contributed by atoms with van der Waals surface area (Å²) in [5.41, 5.74) is 5.25. The van der Waals surface area contributed by atoms with Crippen LogP contribution in [-0.4, -0.2) is 25.3 Å². The van der Waals surface area contributed by atoms with Crippen molar-refractivity contribution in [3.63, 3.8) is 0 Å². The minimum atomic E-state index is -3.75. The minimum absolute atomic E-state index is 0.0927. The van der Waals surface area contributed by atoms with E-state index in [1.54, 1.807) is 0 Å². The summed E-state index contributed by atoms with van der Waals surface area (Å²) in [5, 5.41) is -0.131. The van der Waals surface area contributed by atoms with E-state index in [2.05, 4.69) is 0 Å². The lowest BCUT2D eigenvalue weighted by Gasteiger charge is -2.26. The predicted octanol–water partition coefficient (Wildman–Crippen LogP) is 3.01. The van der Waals surface area contributed by atoms with Gasteiger partial charge < -0.3 is 5.73 Å². The zero-order chi connectivity index (χ0) is 14.9. The van der Waals surface area contributed by atoms with Gasteiger partial charge in [-0.15, -0.1) is 0 Å². The molecule has 0 saturated carbocycles. The summed E-state index contributed by atoms with van der Waals surface area (Å²) in [4.78, 5) is -0.119. The third-order valence-corrected chi connectivity index (χ3v) is 6.11. The van der Waals surface area contributed by atoms with E-state index in [0.717, 1.165) is 37.8 Å². The molecule has 2 N–H and O–H groups in total. The monoisotopic (exact) mass is 320 g/mol. The molecule has 2 rings (SSSR count). The molecule has 0 aliphatic carbocycles. The van der Waals surface area contributed by atoms with E-state index in [1.807, 2.05) is 6.92 Å². The first-order chi connectivity index (χ1) is 9.34. The van der Waals surface area contributed by atoms with Crippen molar-refractivity contribution in [3.05, 3.63) is 23.0 Å². The number of benzene rings is 1. The first kappa shape index (κ1) is 15.5. The van der Waals surface area contributed by atoms with Crippen LogP contribution >= 0.6 is 11.6 Å². The Labute approximate surface area is 123 Å². The highest BCUT2D eigenvalue weighted by Crippen LogP contribution is 2.31. The van der Waals surface area contributed by atoms with Crippen LogP contribution in [0.15, 0.2) is 17.0 Å². The molecule has 1 saturated heterocycles. The Morgan fingerprint density at radius 1 is 1.35 bits per heavy atom. The van der Waals surface area contributed by atoms with Gasteiger partial charge in [0.2, 0.25) is 10.0 Å². The molecule has 0 bridgehead atoms. The molecular weight excluding hydrogens is 303 g/mol. The Bertz CT molecular complexity index is 607. The number of nitrogens with two attached hydrogens (primary N) is 1. The fraction of sp³-hybridized carbons (Fsp3) is 0.538. The molecule has 0 amide bonds. The Hall–Kier alpha value is -0.850. The molecule has 1 fully saturated rings. The van der Waals surface area contributed by atoms with Gasteiger partial charge in [-0.1, -0.05) is 24.4 Å². The van der Waals surface area contributed by atoms with Crippen molar-refractivity contribution in [3.8, 4) is 0 Å². The largest absolute Gasteiger partial charge is 0.396 e. The van der Waals surface area contributed by atoms with Gasteiger partial charge in [-0.3, -0.25) is 0 Å². The molecule has 0 spiro atoms. The predicted molar refractivity (Wildman–Crippen MR) is 77.6 cm³/mol. The van der Waals surface area contributed by atoms with Gasteiger partial charge in [0.05, 0.1) is 10.7 Å². The van der Waals surface area contributed by atoms with E-state index in [1.165, 1.54) is 4.31 Å². The molecule has 0 aromatic heterocycles. The second-order valence-corrected chi connectivity index (χ2v) is 7.38. The third kappa shape index (κ3) is 2.92. The summed E-state index contributed by atoms with van der Waals surface area (Å²) in [5.74, 6) is -0.710. The van der Waals surface area contributed by atoms with Gasteiger partial charge in [-0.2, -0.15) is 4.31 Å². The quantitative estimate of drug-likeness (QED) is 0.852. The van der Waals surface area contributed by atoms with Gasteiger partial charge in [0, 0.05) is 12.6 Å². The number of sulfonamides is 1. The number of rotatable bonds is 2. The van der Waals surface area contributed by atoms with E-state index in [9.17, 15) is 12.8 Å². The van der Waals surface area contributed by atoms with Crippen LogP contribution < -0.4 is 5.73 Å². The van der Waals surface area contributed by atoms with E-state index in [4.69, 9.17) is 17.3 Å². The number of hydrogen-bond donors (Lipinski definition) is 1. The molecule has 1 aliphatic rings. The maximum atomic E-state index is 13.3. The molecule has 4 nitrogen and oxygen atoms in total. The normalized spacial score (nSPS) is 21.6. The fourth-order valence-corrected chi connectivity index (χ4v) is 4.70. The summed E-state index contributed by atoms with van der Waals surface area (Å²) in [6.07, 6.45) is 3.65. The lowest BCUT2D eigenvalue weighted by Crippen LogP contribution is -2.38. The maximum Gasteiger partial charge on any atom is 0.244 e. The summed E-state index contributed by atoms with van der Waals surface area (Å²) >= 11 is 5.89. The van der Waals surface area contributed by atoms with Crippen LogP contribution in [0, 0.1) is 5.82 Å². The standard InChI is InChI=1S/C13H18ClFN2O2S/c1-9-5-3-2-4-6-17(9)20(18,19)13-8-12(16)11(15)7-10(13)14/h7-9H,2-6,16H2,1H3. The number of halogens is 2. The molecule has 7 heteroatoms. The molecule has 1 aromatic carbocycles. The van der Waals surface area contributed by atoms with Crippen molar-refractivity contribution >= 4 is 27.3 Å². The van der Waals surface area contributed by atoms with Gasteiger partial charge in [0.1, 0.15) is 10.7 Å². The van der Waals surface area contributed by atoms with Crippen LogP contribution in [0.1, 0.15) is 32.6 Å². The lowest BCUT2D eigenvalue weighted by molar-refractivity contribution is 0.342. The third-order valence-electron chi connectivity index (χ3n) is 3.63. The number of nitrogen functional groups attached to an aromatic ring is 1. The highest BCUT2D eigenvalue weighted by molar-refractivity contribution is 7.89. The lowest BCUT2D eigenvalue weighted by atomic mass is 10.1. The zero-order valence-corrected chi connectivity index (χ0v) is 12.8. The Morgan fingerprint density at radius 3 is 2.75 bits per heavy atom. The van der Waals surface area contributed by atoms with Crippen molar-refractivity contribution < 1.29 is 12.8 Å². The number of anilines is 1. The Morgan fingerprint density at radius 2 is 2.05 bits per heavy atom. The van der Waals surface area contributed by atoms with E-state index < -0.39 is 15.8 Å². The van der Waals surface area contributed by atoms with Crippen LogP contribution in [0.3, 0.4) is 0 Å². The van der Waals surface area contributed by atoms with Crippen molar-refractivity contribution in [2.75, 3.05) is 12.3 Å². The van der Waals surface area contributed by atoms with Crippen molar-refractivity contribution in [2.24, 2.45) is 0 Å². The highest BCUT2D eigenvalue weighted by Gasteiger charge is 2.32. The average Bonchev–Trinajstić information content (AvgIpc) is 2.58. The molecular formula is C13H18ClFN2O2S. The smallest absolute Gasteiger partial charge is 0.244 e. The van der Waals surface area contributed by atoms with Gasteiger partial charge in [-0.25, -0.2) is 12.8 Å². The van der Waals surface area contributed by atoms with E-state index in [0.29, 0.717) is 6.54 Å². The molecule has 1 aliphatic heterocycles. The van der Waals surface area contributed by atoms with Crippen molar-refractivity contribution in [1.82, 2.24) is 4.31 Å². The van der Waals surface area contributed by atoms with Crippen LogP contribution in [0.2, 0.25) is 5.02 Å². The van der Waals surface area contributed by atoms with Crippen LogP contribution in [0.4, 0.5) is 10.1 Å². The van der Waals surface area contributed by atoms with Gasteiger partial charge in [-0.05, 0) is 31.9 Å². The second kappa shape index (κ2) is 5.87. The van der Waals surface area contributed by atoms with E-state index >= 15 is 0 Å². The topological polar surface area (TPSA) is 63.4 Å². The molecule has 1 unspecified atom stereocenters. The molecule has 0 radical (unpaired) electrons. The summed E-state index contributed by atoms with van der Waals surface area (Å²) in [7, 11) is -3.75. The van der Waals surface area contributed by atoms with Crippen LogP contribution in [0.5, 0.6) is 0 Å². The molecule has 1 aromatic rings. The summed E-state index contributed by atoms with van der Waals surface area (Å²) in [6, 6.07) is 1.96. The highest BCUT2D eigenvalue weighted by atomic mass is 35.5. The zero-order valence-electron chi connectivity index (χ0n) is 11.3. The second-order valence-electron chi connectivity index (χ2n) is 5.12. The maximum absolute atomic E-state index is 13.3. The Kier molecular flexibility index (Phi) is 4.56.